The monoisotopic (exact) mass is 449 g/mol. The van der Waals surface area contributed by atoms with Crippen molar-refractivity contribution in [3.8, 4) is 28.2 Å². The Labute approximate surface area is 210 Å². The van der Waals surface area contributed by atoms with Crippen molar-refractivity contribution in [2.45, 2.75) is 46.3 Å². The lowest BCUT2D eigenvalue weighted by Gasteiger charge is -2.22. The molecule has 0 amide bonds. The highest BCUT2D eigenvalue weighted by molar-refractivity contribution is 5.85. The van der Waals surface area contributed by atoms with Gasteiger partial charge in [-0.05, 0) is 64.7 Å². The lowest BCUT2D eigenvalue weighted by molar-refractivity contribution is 0.811. The van der Waals surface area contributed by atoms with Gasteiger partial charge in [-0.2, -0.15) is 0 Å². The van der Waals surface area contributed by atoms with E-state index in [2.05, 4.69) is 0 Å². The van der Waals surface area contributed by atoms with Crippen molar-refractivity contribution < 1.29 is 6.85 Å². The van der Waals surface area contributed by atoms with Gasteiger partial charge in [0.2, 0.25) is 0 Å². The Bertz CT molecular complexity index is 1620. The Morgan fingerprint density at radius 3 is 2.09 bits per heavy atom. The fraction of sp³-hybridized carbons (Fsp3) is 0.219. The molecule has 34 heavy (non-hydrogen) atoms. The van der Waals surface area contributed by atoms with Crippen molar-refractivity contribution in [2.75, 3.05) is 0 Å². The minimum Gasteiger partial charge on any atom is -0.292 e. The zero-order valence-electron chi connectivity index (χ0n) is 25.1. The number of hydrogen-bond donors (Lipinski definition) is 0. The third kappa shape index (κ3) is 3.84. The molecule has 2 nitrogen and oxygen atoms in total. The van der Waals surface area contributed by atoms with Crippen molar-refractivity contribution in [1.82, 2.24) is 9.55 Å². The minimum atomic E-state index is -2.28. The van der Waals surface area contributed by atoms with Crippen molar-refractivity contribution in [2.24, 2.45) is 0 Å². The summed E-state index contributed by atoms with van der Waals surface area (Å²) in [5, 5.41) is 0. The fourth-order valence-corrected chi connectivity index (χ4v) is 4.58. The van der Waals surface area contributed by atoms with E-state index in [0.29, 0.717) is 11.4 Å². The normalized spacial score (nSPS) is 14.8. The topological polar surface area (TPSA) is 17.8 Å². The Morgan fingerprint density at radius 1 is 0.735 bits per heavy atom. The molecule has 1 aromatic heterocycles. The quantitative estimate of drug-likeness (QED) is 0.262. The maximum absolute atomic E-state index is 8.99. The van der Waals surface area contributed by atoms with Crippen LogP contribution in [0.5, 0.6) is 0 Å². The molecule has 0 fully saturated rings. The van der Waals surface area contributed by atoms with Crippen LogP contribution in [0.25, 0.3) is 39.2 Å². The third-order valence-electron chi connectivity index (χ3n) is 6.26. The van der Waals surface area contributed by atoms with E-state index in [-0.39, 0.29) is 5.56 Å². The molecule has 0 aliphatic carbocycles. The Hall–Kier alpha value is -3.65. The molecule has 0 aliphatic rings. The van der Waals surface area contributed by atoms with Crippen LogP contribution in [-0.2, 0) is 0 Å². The van der Waals surface area contributed by atoms with Gasteiger partial charge in [-0.3, -0.25) is 4.57 Å². The van der Waals surface area contributed by atoms with Crippen molar-refractivity contribution >= 4 is 11.0 Å². The summed E-state index contributed by atoms with van der Waals surface area (Å²) in [7, 11) is 0. The molecule has 0 atom stereocenters. The second kappa shape index (κ2) is 8.95. The molecular weight excluding hydrogens is 412 g/mol. The minimum absolute atomic E-state index is 0.279. The summed E-state index contributed by atoms with van der Waals surface area (Å²) in [6.07, 6.45) is 0. The average molecular weight is 450 g/mol. The molecular formula is C32H32N2. The van der Waals surface area contributed by atoms with Gasteiger partial charge in [0.25, 0.3) is 0 Å². The van der Waals surface area contributed by atoms with E-state index in [1.807, 2.05) is 117 Å². The number of aryl methyl sites for hydroxylation is 1. The van der Waals surface area contributed by atoms with Gasteiger partial charge in [0.1, 0.15) is 5.82 Å². The fourth-order valence-electron chi connectivity index (χ4n) is 4.58. The first-order chi connectivity index (χ1) is 18.3. The van der Waals surface area contributed by atoms with Gasteiger partial charge >= 0.3 is 0 Å². The predicted molar refractivity (Wildman–Crippen MR) is 145 cm³/mol. The van der Waals surface area contributed by atoms with Crippen LogP contribution in [0.1, 0.15) is 63.0 Å². The molecule has 170 valence electrons. The van der Waals surface area contributed by atoms with Crippen LogP contribution in [-0.4, -0.2) is 9.55 Å². The van der Waals surface area contributed by atoms with Gasteiger partial charge in [-0.15, -0.1) is 0 Å². The molecule has 2 heteroatoms. The summed E-state index contributed by atoms with van der Waals surface area (Å²) >= 11 is 0. The van der Waals surface area contributed by atoms with Crippen LogP contribution in [0.2, 0.25) is 0 Å². The molecule has 0 N–H and O–H groups in total. The van der Waals surface area contributed by atoms with Crippen LogP contribution in [0.15, 0.2) is 91.0 Å². The number of aromatic nitrogens is 2. The van der Waals surface area contributed by atoms with Crippen molar-refractivity contribution in [1.29, 1.82) is 0 Å². The van der Waals surface area contributed by atoms with Gasteiger partial charge in [0.15, 0.2) is 0 Å². The standard InChI is InChI=1S/C32H32N2/c1-21(2)26-14-11-15-27(22(3)4)31(26)34-30-17-10-9-16-29(30)33-32(34)25-19-18-23(5)28(20-25)24-12-7-6-8-13-24/h6-22H,1-5H3/i5D3,21D,22D. The van der Waals surface area contributed by atoms with Crippen molar-refractivity contribution in [3.05, 3.63) is 108 Å². The molecule has 0 spiro atoms. The summed E-state index contributed by atoms with van der Waals surface area (Å²) < 4.78 is 44.5. The summed E-state index contributed by atoms with van der Waals surface area (Å²) in [5.74, 6) is -1.26. The van der Waals surface area contributed by atoms with Gasteiger partial charge in [0, 0.05) is 12.4 Å². The zero-order chi connectivity index (χ0) is 28.2. The zero-order valence-corrected chi connectivity index (χ0v) is 20.1. The highest BCUT2D eigenvalue weighted by Gasteiger charge is 2.22. The van der Waals surface area contributed by atoms with Gasteiger partial charge < -0.3 is 0 Å². The number of para-hydroxylation sites is 3. The molecule has 5 aromatic rings. The van der Waals surface area contributed by atoms with E-state index in [1.165, 1.54) is 0 Å². The van der Waals surface area contributed by atoms with Gasteiger partial charge in [-0.25, -0.2) is 4.98 Å². The third-order valence-corrected chi connectivity index (χ3v) is 6.26. The van der Waals surface area contributed by atoms with Crippen LogP contribution in [0.4, 0.5) is 0 Å². The lowest BCUT2D eigenvalue weighted by atomic mass is 9.92. The SMILES string of the molecule is [2H]C([2H])([2H])c1ccc(-c2nc3ccccc3n2-c2c(C([2H])(C)C)cccc2C([2H])(C)C)cc1-c1ccccc1. The molecule has 0 bridgehead atoms. The summed E-state index contributed by atoms with van der Waals surface area (Å²) in [4.78, 5) is 5.03. The van der Waals surface area contributed by atoms with E-state index in [1.54, 1.807) is 6.07 Å². The number of fused-ring (bicyclic) bond motifs is 1. The second-order valence-corrected chi connectivity index (χ2v) is 9.09. The lowest BCUT2D eigenvalue weighted by Crippen LogP contribution is -2.08. The molecule has 0 saturated heterocycles. The number of hydrogen-bond acceptors (Lipinski definition) is 1. The largest absolute Gasteiger partial charge is 0.292 e. The van der Waals surface area contributed by atoms with E-state index < -0.39 is 18.6 Å². The van der Waals surface area contributed by atoms with Crippen LogP contribution >= 0.6 is 0 Å². The van der Waals surface area contributed by atoms with E-state index in [4.69, 9.17) is 11.8 Å². The highest BCUT2D eigenvalue weighted by Crippen LogP contribution is 2.38. The molecule has 5 rings (SSSR count). The van der Waals surface area contributed by atoms with E-state index >= 15 is 0 Å². The average Bonchev–Trinajstić information content (AvgIpc) is 3.26. The van der Waals surface area contributed by atoms with Crippen LogP contribution in [0, 0.1) is 6.85 Å². The first kappa shape index (κ1) is 16.9. The smallest absolute Gasteiger partial charge is 0.145 e. The molecule has 0 aliphatic heterocycles. The number of nitrogens with zero attached hydrogens (tertiary/aromatic N) is 2. The van der Waals surface area contributed by atoms with Crippen LogP contribution < -0.4 is 0 Å². The highest BCUT2D eigenvalue weighted by atomic mass is 15.1. The van der Waals surface area contributed by atoms with Gasteiger partial charge in [0.05, 0.1) is 16.7 Å². The molecule has 4 aromatic carbocycles. The Balaban J connectivity index is 1.90. The summed E-state index contributed by atoms with van der Waals surface area (Å²) in [6.45, 7) is 5.12. The Morgan fingerprint density at radius 2 is 1.41 bits per heavy atom. The number of benzene rings is 4. The second-order valence-electron chi connectivity index (χ2n) is 9.09. The predicted octanol–water partition coefficient (Wildman–Crippen LogP) is 8.91. The Kier molecular flexibility index (Phi) is 4.44. The molecule has 0 radical (unpaired) electrons. The maximum Gasteiger partial charge on any atom is 0.145 e. The number of rotatable bonds is 5. The van der Waals surface area contributed by atoms with Crippen LogP contribution in [0.3, 0.4) is 0 Å². The van der Waals surface area contributed by atoms with Crippen molar-refractivity contribution in [3.63, 3.8) is 0 Å². The van der Waals surface area contributed by atoms with E-state index in [9.17, 15) is 0 Å². The molecule has 1 heterocycles. The molecule has 0 saturated carbocycles. The van der Waals surface area contributed by atoms with E-state index in [0.717, 1.165) is 39.0 Å². The summed E-state index contributed by atoms with van der Waals surface area (Å²) in [5.41, 5.74) is 6.44. The van der Waals surface area contributed by atoms with Gasteiger partial charge in [-0.1, -0.05) is 100 Å². The molecule has 0 unspecified atom stereocenters. The number of imidazole rings is 1. The maximum atomic E-state index is 8.99. The summed E-state index contributed by atoms with van der Waals surface area (Å²) in [6, 6.07) is 28.6. The first-order valence-electron chi connectivity index (χ1n) is 14.1. The first-order valence-corrected chi connectivity index (χ1v) is 11.6.